The molecule has 1 heterocycles. The number of nitrogens with one attached hydrogen (secondary N) is 1. The van der Waals surface area contributed by atoms with E-state index in [0.29, 0.717) is 13.2 Å². The molecule has 0 fully saturated rings. The third kappa shape index (κ3) is 7.37. The molecule has 0 aliphatic heterocycles. The molecular weight excluding hydrogens is 228 g/mol. The molecule has 0 saturated heterocycles. The van der Waals surface area contributed by atoms with E-state index in [9.17, 15) is 0 Å². The maximum atomic E-state index is 5.39. The highest BCUT2D eigenvalue weighted by molar-refractivity contribution is 5.12. The lowest BCUT2D eigenvalue weighted by molar-refractivity contribution is 0.0688. The van der Waals surface area contributed by atoms with Crippen molar-refractivity contribution in [1.82, 2.24) is 10.3 Å². The van der Waals surface area contributed by atoms with E-state index >= 15 is 0 Å². The van der Waals surface area contributed by atoms with E-state index in [4.69, 9.17) is 9.47 Å². The van der Waals surface area contributed by atoms with Gasteiger partial charge < -0.3 is 14.8 Å². The second kappa shape index (κ2) is 10.00. The van der Waals surface area contributed by atoms with Crippen molar-refractivity contribution >= 4 is 0 Å². The van der Waals surface area contributed by atoms with E-state index in [2.05, 4.69) is 16.4 Å². The molecule has 0 radical (unpaired) electrons. The summed E-state index contributed by atoms with van der Waals surface area (Å²) in [6, 6.07) is 4.16. The fourth-order valence-corrected chi connectivity index (χ4v) is 1.53. The molecule has 1 aromatic heterocycles. The third-order valence-electron chi connectivity index (χ3n) is 2.63. The standard InChI is InChI=1S/C14H24N2O2/c1-13-5-6-14(12-16-13)11-15-7-3-4-8-18-10-9-17-2/h5-6,12,15H,3-4,7-11H2,1-2H3. The molecule has 18 heavy (non-hydrogen) atoms. The molecule has 0 aliphatic carbocycles. The van der Waals surface area contributed by atoms with Gasteiger partial charge in [-0.2, -0.15) is 0 Å². The first kappa shape index (κ1) is 15.1. The Kier molecular flexibility index (Phi) is 8.38. The predicted molar refractivity (Wildman–Crippen MR) is 72.6 cm³/mol. The van der Waals surface area contributed by atoms with Gasteiger partial charge in [-0.05, 0) is 37.9 Å². The van der Waals surface area contributed by atoms with Crippen LogP contribution >= 0.6 is 0 Å². The normalized spacial score (nSPS) is 10.8. The predicted octanol–water partition coefficient (Wildman–Crippen LogP) is 1.92. The van der Waals surface area contributed by atoms with E-state index < -0.39 is 0 Å². The van der Waals surface area contributed by atoms with Crippen molar-refractivity contribution in [1.29, 1.82) is 0 Å². The van der Waals surface area contributed by atoms with Gasteiger partial charge in [-0.3, -0.25) is 4.98 Å². The summed E-state index contributed by atoms with van der Waals surface area (Å²) in [7, 11) is 1.69. The second-order valence-electron chi connectivity index (χ2n) is 4.30. The summed E-state index contributed by atoms with van der Waals surface area (Å²) in [6.07, 6.45) is 4.14. The molecule has 0 spiro atoms. The summed E-state index contributed by atoms with van der Waals surface area (Å²) in [5.41, 5.74) is 2.30. The van der Waals surface area contributed by atoms with Gasteiger partial charge in [-0.1, -0.05) is 6.07 Å². The zero-order valence-corrected chi connectivity index (χ0v) is 11.4. The summed E-state index contributed by atoms with van der Waals surface area (Å²) in [6.45, 7) is 6.09. The first-order valence-electron chi connectivity index (χ1n) is 6.52. The van der Waals surface area contributed by atoms with E-state index in [0.717, 1.165) is 38.2 Å². The van der Waals surface area contributed by atoms with Crippen LogP contribution in [0, 0.1) is 6.92 Å². The maximum absolute atomic E-state index is 5.39. The fraction of sp³-hybridized carbons (Fsp3) is 0.643. The highest BCUT2D eigenvalue weighted by atomic mass is 16.5. The number of ether oxygens (including phenoxy) is 2. The monoisotopic (exact) mass is 252 g/mol. The van der Waals surface area contributed by atoms with Crippen LogP contribution < -0.4 is 5.32 Å². The Morgan fingerprint density at radius 1 is 1.17 bits per heavy atom. The van der Waals surface area contributed by atoms with Crippen LogP contribution in [0.3, 0.4) is 0 Å². The molecule has 0 atom stereocenters. The summed E-state index contributed by atoms with van der Waals surface area (Å²) < 4.78 is 10.3. The Hall–Kier alpha value is -0.970. The molecule has 0 aliphatic rings. The number of unbranched alkanes of at least 4 members (excludes halogenated alkanes) is 1. The van der Waals surface area contributed by atoms with Crippen LogP contribution in [0.4, 0.5) is 0 Å². The number of nitrogens with zero attached hydrogens (tertiary/aromatic N) is 1. The quantitative estimate of drug-likeness (QED) is 0.646. The topological polar surface area (TPSA) is 43.4 Å². The molecule has 0 bridgehead atoms. The molecule has 0 amide bonds. The zero-order chi connectivity index (χ0) is 13.1. The zero-order valence-electron chi connectivity index (χ0n) is 11.4. The molecule has 102 valence electrons. The van der Waals surface area contributed by atoms with Crippen molar-refractivity contribution in [2.45, 2.75) is 26.3 Å². The van der Waals surface area contributed by atoms with E-state index in [-0.39, 0.29) is 0 Å². The first-order chi connectivity index (χ1) is 8.83. The lowest BCUT2D eigenvalue weighted by atomic mass is 10.2. The Bertz CT molecular complexity index is 301. The maximum Gasteiger partial charge on any atom is 0.0700 e. The number of pyridine rings is 1. The van der Waals surface area contributed by atoms with Crippen LogP contribution in [0.1, 0.15) is 24.1 Å². The van der Waals surface area contributed by atoms with Crippen LogP contribution in [0.25, 0.3) is 0 Å². The van der Waals surface area contributed by atoms with Gasteiger partial charge in [0.15, 0.2) is 0 Å². The van der Waals surface area contributed by atoms with Crippen LogP contribution in [-0.4, -0.2) is 38.5 Å². The van der Waals surface area contributed by atoms with Gasteiger partial charge in [0, 0.05) is 32.2 Å². The van der Waals surface area contributed by atoms with Crippen molar-refractivity contribution in [3.63, 3.8) is 0 Å². The third-order valence-corrected chi connectivity index (χ3v) is 2.63. The number of hydrogen-bond acceptors (Lipinski definition) is 4. The van der Waals surface area contributed by atoms with Gasteiger partial charge in [0.05, 0.1) is 13.2 Å². The minimum Gasteiger partial charge on any atom is -0.382 e. The van der Waals surface area contributed by atoms with Crippen LogP contribution in [0.15, 0.2) is 18.3 Å². The number of aromatic nitrogens is 1. The second-order valence-corrected chi connectivity index (χ2v) is 4.30. The molecule has 4 nitrogen and oxygen atoms in total. The van der Waals surface area contributed by atoms with Crippen molar-refractivity contribution in [2.24, 2.45) is 0 Å². The number of hydrogen-bond donors (Lipinski definition) is 1. The van der Waals surface area contributed by atoms with Gasteiger partial charge in [0.2, 0.25) is 0 Å². The van der Waals surface area contributed by atoms with Gasteiger partial charge in [-0.25, -0.2) is 0 Å². The summed E-state index contributed by atoms with van der Waals surface area (Å²) >= 11 is 0. The van der Waals surface area contributed by atoms with Gasteiger partial charge >= 0.3 is 0 Å². The highest BCUT2D eigenvalue weighted by Crippen LogP contribution is 1.98. The smallest absolute Gasteiger partial charge is 0.0700 e. The Morgan fingerprint density at radius 3 is 2.78 bits per heavy atom. The van der Waals surface area contributed by atoms with Gasteiger partial charge in [0.1, 0.15) is 0 Å². The summed E-state index contributed by atoms with van der Waals surface area (Å²) in [4.78, 5) is 4.26. The largest absolute Gasteiger partial charge is 0.382 e. The number of rotatable bonds is 10. The molecule has 4 heteroatoms. The Labute approximate surface area is 110 Å². The van der Waals surface area contributed by atoms with E-state index in [1.54, 1.807) is 7.11 Å². The minimum absolute atomic E-state index is 0.679. The SMILES string of the molecule is COCCOCCCCNCc1ccc(C)nc1. The van der Waals surface area contributed by atoms with Crippen molar-refractivity contribution in [2.75, 3.05) is 33.5 Å². The molecule has 1 aromatic rings. The molecule has 1 N–H and O–H groups in total. The van der Waals surface area contributed by atoms with Crippen LogP contribution in [0.5, 0.6) is 0 Å². The van der Waals surface area contributed by atoms with E-state index in [1.165, 1.54) is 5.56 Å². The van der Waals surface area contributed by atoms with Gasteiger partial charge in [0.25, 0.3) is 0 Å². The number of aryl methyl sites for hydroxylation is 1. The average molecular weight is 252 g/mol. The van der Waals surface area contributed by atoms with Crippen molar-refractivity contribution in [3.05, 3.63) is 29.6 Å². The molecule has 0 unspecified atom stereocenters. The van der Waals surface area contributed by atoms with Crippen LogP contribution in [-0.2, 0) is 16.0 Å². The van der Waals surface area contributed by atoms with Crippen LogP contribution in [0.2, 0.25) is 0 Å². The molecule has 0 saturated carbocycles. The number of methoxy groups -OCH3 is 1. The minimum atomic E-state index is 0.679. The molecule has 1 rings (SSSR count). The Balaban J connectivity index is 1.91. The average Bonchev–Trinajstić information content (AvgIpc) is 2.39. The van der Waals surface area contributed by atoms with Gasteiger partial charge in [-0.15, -0.1) is 0 Å². The molecular formula is C14H24N2O2. The van der Waals surface area contributed by atoms with Crippen molar-refractivity contribution < 1.29 is 9.47 Å². The Morgan fingerprint density at radius 2 is 2.06 bits per heavy atom. The first-order valence-corrected chi connectivity index (χ1v) is 6.52. The van der Waals surface area contributed by atoms with E-state index in [1.807, 2.05) is 19.2 Å². The highest BCUT2D eigenvalue weighted by Gasteiger charge is 1.94. The lowest BCUT2D eigenvalue weighted by Crippen LogP contribution is -2.15. The molecule has 0 aromatic carbocycles. The van der Waals surface area contributed by atoms with Crippen molar-refractivity contribution in [3.8, 4) is 0 Å². The lowest BCUT2D eigenvalue weighted by Gasteiger charge is -2.06. The summed E-state index contributed by atoms with van der Waals surface area (Å²) in [5, 5.41) is 3.40. The summed E-state index contributed by atoms with van der Waals surface area (Å²) in [5.74, 6) is 0. The fourth-order valence-electron chi connectivity index (χ4n) is 1.53.